The van der Waals surface area contributed by atoms with Gasteiger partial charge in [0, 0.05) is 16.1 Å². The van der Waals surface area contributed by atoms with Crippen LogP contribution in [0.25, 0.3) is 22.6 Å². The fourth-order valence-corrected chi connectivity index (χ4v) is 3.82. The van der Waals surface area contributed by atoms with E-state index in [0.717, 1.165) is 0 Å². The van der Waals surface area contributed by atoms with Crippen LogP contribution in [0, 0.1) is 0 Å². The van der Waals surface area contributed by atoms with E-state index in [1.54, 1.807) is 48.5 Å². The number of halogens is 2. The summed E-state index contributed by atoms with van der Waals surface area (Å²) in [5.74, 6) is 1.31. The summed E-state index contributed by atoms with van der Waals surface area (Å²) in [6.07, 6.45) is 0. The smallest absolute Gasteiger partial charge is 0.255 e. The quantitative estimate of drug-likeness (QED) is 0.253. The summed E-state index contributed by atoms with van der Waals surface area (Å²) in [6.45, 7) is 6.81. The molecule has 0 radical (unpaired) electrons. The van der Waals surface area contributed by atoms with Crippen molar-refractivity contribution >= 4 is 45.9 Å². The first-order valence-electron chi connectivity index (χ1n) is 11.2. The molecule has 1 amide bonds. The number of benzene rings is 3. The van der Waals surface area contributed by atoms with E-state index < -0.39 is 5.91 Å². The van der Waals surface area contributed by atoms with E-state index in [9.17, 15) is 4.79 Å². The Morgan fingerprint density at radius 3 is 2.26 bits per heavy atom. The van der Waals surface area contributed by atoms with Crippen LogP contribution in [0.1, 0.15) is 31.1 Å². The second-order valence-electron chi connectivity index (χ2n) is 7.38. The molecule has 4 rings (SSSR count). The number of ether oxygens (including phenoxy) is 3. The second kappa shape index (κ2) is 10.9. The van der Waals surface area contributed by atoms with Crippen molar-refractivity contribution in [3.05, 3.63) is 64.1 Å². The first kappa shape index (κ1) is 24.7. The minimum absolute atomic E-state index is 0.332. The van der Waals surface area contributed by atoms with E-state index in [0.29, 0.717) is 80.9 Å². The summed E-state index contributed by atoms with van der Waals surface area (Å²) in [7, 11) is 0. The molecule has 0 aliphatic heterocycles. The van der Waals surface area contributed by atoms with Crippen LogP contribution in [0.15, 0.2) is 52.9 Å². The molecular weight excluding hydrogens is 491 g/mol. The second-order valence-corrected chi connectivity index (χ2v) is 8.22. The Bertz CT molecular complexity index is 1340. The molecule has 0 aliphatic carbocycles. The van der Waals surface area contributed by atoms with Crippen LogP contribution in [-0.4, -0.2) is 30.7 Å². The van der Waals surface area contributed by atoms with E-state index in [2.05, 4.69) is 10.3 Å². The van der Waals surface area contributed by atoms with Gasteiger partial charge in [-0.15, -0.1) is 0 Å². The van der Waals surface area contributed by atoms with E-state index in [1.807, 2.05) is 20.8 Å². The molecule has 3 aromatic carbocycles. The van der Waals surface area contributed by atoms with Gasteiger partial charge in [0.2, 0.25) is 11.6 Å². The van der Waals surface area contributed by atoms with Gasteiger partial charge in [-0.05, 0) is 69.3 Å². The zero-order valence-corrected chi connectivity index (χ0v) is 21.0. The topological polar surface area (TPSA) is 82.8 Å². The number of rotatable bonds is 9. The average Bonchev–Trinajstić information content (AvgIpc) is 3.25. The van der Waals surface area contributed by atoms with Gasteiger partial charge in [0.1, 0.15) is 5.52 Å². The molecule has 35 heavy (non-hydrogen) atoms. The van der Waals surface area contributed by atoms with Crippen LogP contribution in [0.5, 0.6) is 17.2 Å². The number of aromatic nitrogens is 1. The first-order chi connectivity index (χ1) is 16.9. The summed E-state index contributed by atoms with van der Waals surface area (Å²) in [4.78, 5) is 17.7. The van der Waals surface area contributed by atoms with Crippen LogP contribution in [0.3, 0.4) is 0 Å². The summed E-state index contributed by atoms with van der Waals surface area (Å²) < 4.78 is 23.0. The average molecular weight is 515 g/mol. The maximum Gasteiger partial charge on any atom is 0.255 e. The molecule has 0 saturated heterocycles. The molecular formula is C26H24Cl2N2O5. The standard InChI is InChI=1S/C26H24Cl2N2O5/c1-4-32-22-12-16(13-23(33-5-2)24(22)34-6-3)25(31)29-19-11-15(7-9-18(19)28)26-30-20-14-17(27)8-10-21(20)35-26/h7-14H,4-6H2,1-3H3,(H,29,31). The van der Waals surface area contributed by atoms with Gasteiger partial charge >= 0.3 is 0 Å². The van der Waals surface area contributed by atoms with Gasteiger partial charge in [-0.25, -0.2) is 4.98 Å². The molecule has 7 nitrogen and oxygen atoms in total. The van der Waals surface area contributed by atoms with Gasteiger partial charge in [-0.1, -0.05) is 23.2 Å². The minimum Gasteiger partial charge on any atom is -0.490 e. The first-order valence-corrected chi connectivity index (χ1v) is 11.9. The van der Waals surface area contributed by atoms with Crippen LogP contribution in [-0.2, 0) is 0 Å². The number of nitrogens with one attached hydrogen (secondary N) is 1. The largest absolute Gasteiger partial charge is 0.490 e. The Morgan fingerprint density at radius 2 is 1.60 bits per heavy atom. The Morgan fingerprint density at radius 1 is 0.914 bits per heavy atom. The number of amides is 1. The van der Waals surface area contributed by atoms with E-state index in [4.69, 9.17) is 41.8 Å². The SMILES string of the molecule is CCOc1cc(C(=O)Nc2cc(-c3nc4cc(Cl)ccc4o3)ccc2Cl)cc(OCC)c1OCC. The fraction of sp³-hybridized carbons (Fsp3) is 0.231. The molecule has 0 spiro atoms. The Hall–Kier alpha value is -3.42. The number of oxazole rings is 1. The van der Waals surface area contributed by atoms with Crippen molar-refractivity contribution in [2.45, 2.75) is 20.8 Å². The fourth-order valence-electron chi connectivity index (χ4n) is 3.49. The van der Waals surface area contributed by atoms with Crippen molar-refractivity contribution in [3.63, 3.8) is 0 Å². The lowest BCUT2D eigenvalue weighted by Crippen LogP contribution is -2.13. The van der Waals surface area contributed by atoms with Gasteiger partial charge in [0.15, 0.2) is 17.1 Å². The molecule has 0 bridgehead atoms. The van der Waals surface area contributed by atoms with Crippen LogP contribution in [0.4, 0.5) is 5.69 Å². The van der Waals surface area contributed by atoms with Gasteiger partial charge < -0.3 is 23.9 Å². The lowest BCUT2D eigenvalue weighted by molar-refractivity contribution is 0.102. The van der Waals surface area contributed by atoms with Crippen molar-refractivity contribution in [2.75, 3.05) is 25.1 Å². The van der Waals surface area contributed by atoms with Crippen LogP contribution >= 0.6 is 23.2 Å². The molecule has 0 atom stereocenters. The van der Waals surface area contributed by atoms with Gasteiger partial charge in [0.05, 0.1) is 30.5 Å². The minimum atomic E-state index is -0.390. The van der Waals surface area contributed by atoms with Crippen LogP contribution in [0.2, 0.25) is 10.0 Å². The third-order valence-corrected chi connectivity index (χ3v) is 5.55. The third-order valence-electron chi connectivity index (χ3n) is 4.98. The number of hydrogen-bond donors (Lipinski definition) is 1. The molecule has 9 heteroatoms. The Kier molecular flexibility index (Phi) is 7.68. The number of nitrogens with zero attached hydrogens (tertiary/aromatic N) is 1. The predicted molar refractivity (Wildman–Crippen MR) is 137 cm³/mol. The highest BCUT2D eigenvalue weighted by Gasteiger charge is 2.20. The zero-order valence-electron chi connectivity index (χ0n) is 19.5. The van der Waals surface area contributed by atoms with Gasteiger partial charge in [-0.3, -0.25) is 4.79 Å². The Labute approximate surface area is 212 Å². The molecule has 1 N–H and O–H groups in total. The molecule has 0 aliphatic rings. The number of carbonyl (C=O) groups is 1. The Balaban J connectivity index is 1.66. The van der Waals surface area contributed by atoms with Crippen molar-refractivity contribution in [3.8, 4) is 28.7 Å². The number of carbonyl (C=O) groups excluding carboxylic acids is 1. The molecule has 0 fully saturated rings. The molecule has 0 unspecified atom stereocenters. The highest BCUT2D eigenvalue weighted by Crippen LogP contribution is 2.39. The van der Waals surface area contributed by atoms with Crippen molar-refractivity contribution in [1.82, 2.24) is 4.98 Å². The van der Waals surface area contributed by atoms with E-state index >= 15 is 0 Å². The van der Waals surface area contributed by atoms with Crippen LogP contribution < -0.4 is 19.5 Å². The summed E-state index contributed by atoms with van der Waals surface area (Å²) in [5.41, 5.74) is 2.62. The zero-order chi connectivity index (χ0) is 24.9. The van der Waals surface area contributed by atoms with Gasteiger partial charge in [0.25, 0.3) is 5.91 Å². The number of anilines is 1. The monoisotopic (exact) mass is 514 g/mol. The van der Waals surface area contributed by atoms with Crippen molar-refractivity contribution < 1.29 is 23.4 Å². The molecule has 4 aromatic rings. The highest BCUT2D eigenvalue weighted by molar-refractivity contribution is 6.34. The van der Waals surface area contributed by atoms with Crippen molar-refractivity contribution in [1.29, 1.82) is 0 Å². The van der Waals surface area contributed by atoms with E-state index in [1.165, 1.54) is 0 Å². The predicted octanol–water partition coefficient (Wildman–Crippen LogP) is 7.25. The maximum atomic E-state index is 13.2. The number of fused-ring (bicyclic) bond motifs is 1. The molecule has 1 aromatic heterocycles. The summed E-state index contributed by atoms with van der Waals surface area (Å²) >= 11 is 12.4. The lowest BCUT2D eigenvalue weighted by atomic mass is 10.1. The maximum absolute atomic E-state index is 13.2. The molecule has 0 saturated carbocycles. The van der Waals surface area contributed by atoms with Gasteiger partial charge in [-0.2, -0.15) is 0 Å². The third kappa shape index (κ3) is 5.47. The van der Waals surface area contributed by atoms with E-state index in [-0.39, 0.29) is 0 Å². The summed E-state index contributed by atoms with van der Waals surface area (Å²) in [6, 6.07) is 13.6. The highest BCUT2D eigenvalue weighted by atomic mass is 35.5. The van der Waals surface area contributed by atoms with Crippen molar-refractivity contribution in [2.24, 2.45) is 0 Å². The lowest BCUT2D eigenvalue weighted by Gasteiger charge is -2.17. The molecule has 1 heterocycles. The molecule has 182 valence electrons. The number of hydrogen-bond acceptors (Lipinski definition) is 6. The summed E-state index contributed by atoms with van der Waals surface area (Å²) in [5, 5.41) is 3.78. The normalized spacial score (nSPS) is 10.9.